The van der Waals surface area contributed by atoms with E-state index in [2.05, 4.69) is 0 Å². The zero-order chi connectivity index (χ0) is 14.2. The summed E-state index contributed by atoms with van der Waals surface area (Å²) in [6.45, 7) is 4.83. The van der Waals surface area contributed by atoms with Crippen LogP contribution in [0.4, 0.5) is 0 Å². The second kappa shape index (κ2) is 5.69. The molecule has 1 aliphatic heterocycles. The summed E-state index contributed by atoms with van der Waals surface area (Å²) in [7, 11) is -3.42. The highest BCUT2D eigenvalue weighted by Crippen LogP contribution is 2.33. The predicted octanol–water partition coefficient (Wildman–Crippen LogP) is 2.46. The van der Waals surface area contributed by atoms with Crippen LogP contribution in [0.1, 0.15) is 25.3 Å². The molecule has 4 nitrogen and oxygen atoms in total. The standard InChI is InChI=1S/C12H19ClN2O2S2/c1-8-6-11(18-12(8)13)19(16,17)15-5-3-4-10(7-15)9(2)14/h6,9-10H,3-5,7,14H2,1-2H3. The van der Waals surface area contributed by atoms with Crippen molar-refractivity contribution < 1.29 is 8.42 Å². The van der Waals surface area contributed by atoms with E-state index in [9.17, 15) is 8.42 Å². The van der Waals surface area contributed by atoms with Crippen molar-refractivity contribution >= 4 is 33.0 Å². The zero-order valence-electron chi connectivity index (χ0n) is 11.1. The molecule has 1 aliphatic rings. The van der Waals surface area contributed by atoms with Crippen molar-refractivity contribution in [2.24, 2.45) is 11.7 Å². The lowest BCUT2D eigenvalue weighted by Crippen LogP contribution is -2.44. The molecule has 108 valence electrons. The lowest BCUT2D eigenvalue weighted by Gasteiger charge is -2.33. The first-order valence-corrected chi connectivity index (χ1v) is 8.97. The molecule has 2 atom stereocenters. The van der Waals surface area contributed by atoms with E-state index in [1.54, 1.807) is 10.4 Å². The van der Waals surface area contributed by atoms with E-state index in [0.29, 0.717) is 21.6 Å². The van der Waals surface area contributed by atoms with Gasteiger partial charge in [0, 0.05) is 19.1 Å². The Kier molecular flexibility index (Phi) is 4.57. The van der Waals surface area contributed by atoms with Crippen molar-refractivity contribution in [2.45, 2.75) is 36.9 Å². The summed E-state index contributed by atoms with van der Waals surface area (Å²) in [5.41, 5.74) is 6.71. The number of thiophene rings is 1. The van der Waals surface area contributed by atoms with Gasteiger partial charge in [0.25, 0.3) is 10.0 Å². The highest BCUT2D eigenvalue weighted by Gasteiger charge is 2.32. The van der Waals surface area contributed by atoms with Crippen molar-refractivity contribution in [1.82, 2.24) is 4.31 Å². The Balaban J connectivity index is 2.24. The molecule has 1 aromatic rings. The summed E-state index contributed by atoms with van der Waals surface area (Å²) in [5.74, 6) is 0.236. The van der Waals surface area contributed by atoms with E-state index in [0.717, 1.165) is 29.7 Å². The van der Waals surface area contributed by atoms with Crippen molar-refractivity contribution in [2.75, 3.05) is 13.1 Å². The van der Waals surface area contributed by atoms with Crippen LogP contribution in [0.25, 0.3) is 0 Å². The fourth-order valence-electron chi connectivity index (χ4n) is 2.31. The number of halogens is 1. The van der Waals surface area contributed by atoms with Gasteiger partial charge in [-0.05, 0) is 44.2 Å². The fraction of sp³-hybridized carbons (Fsp3) is 0.667. The van der Waals surface area contributed by atoms with Crippen LogP contribution in [0.2, 0.25) is 4.34 Å². The number of sulfonamides is 1. The van der Waals surface area contributed by atoms with E-state index in [4.69, 9.17) is 17.3 Å². The second-order valence-electron chi connectivity index (χ2n) is 5.15. The van der Waals surface area contributed by atoms with Gasteiger partial charge in [-0.1, -0.05) is 11.6 Å². The molecule has 0 radical (unpaired) electrons. The van der Waals surface area contributed by atoms with Gasteiger partial charge in [0.15, 0.2) is 0 Å². The zero-order valence-corrected chi connectivity index (χ0v) is 13.5. The molecule has 1 aromatic heterocycles. The molecule has 0 spiro atoms. The van der Waals surface area contributed by atoms with Gasteiger partial charge < -0.3 is 5.73 Å². The molecular weight excluding hydrogens is 304 g/mol. The monoisotopic (exact) mass is 322 g/mol. The Bertz CT molecular complexity index is 535. The van der Waals surface area contributed by atoms with Gasteiger partial charge in [0.05, 0.1) is 4.34 Å². The lowest BCUT2D eigenvalue weighted by molar-refractivity contribution is 0.243. The summed E-state index contributed by atoms with van der Waals surface area (Å²) in [5, 5.41) is 0. The quantitative estimate of drug-likeness (QED) is 0.929. The van der Waals surface area contributed by atoms with Gasteiger partial charge in [-0.25, -0.2) is 8.42 Å². The molecule has 2 unspecified atom stereocenters. The molecular formula is C12H19ClN2O2S2. The SMILES string of the molecule is Cc1cc(S(=O)(=O)N2CCCC(C(C)N)C2)sc1Cl. The summed E-state index contributed by atoms with van der Waals surface area (Å²) in [4.78, 5) is 0. The lowest BCUT2D eigenvalue weighted by atomic mass is 9.93. The smallest absolute Gasteiger partial charge is 0.252 e. The van der Waals surface area contributed by atoms with Gasteiger partial charge in [0.2, 0.25) is 0 Å². The first kappa shape index (κ1) is 15.3. The maximum Gasteiger partial charge on any atom is 0.252 e. The number of aryl methyl sites for hydroxylation is 1. The highest BCUT2D eigenvalue weighted by molar-refractivity contribution is 7.91. The van der Waals surface area contributed by atoms with Crippen LogP contribution in [-0.2, 0) is 10.0 Å². The third-order valence-electron chi connectivity index (χ3n) is 3.59. The van der Waals surface area contributed by atoms with Crippen LogP contribution in [0, 0.1) is 12.8 Å². The Labute approximate surface area is 123 Å². The van der Waals surface area contributed by atoms with Crippen molar-refractivity contribution in [3.05, 3.63) is 16.0 Å². The summed E-state index contributed by atoms with van der Waals surface area (Å²) in [6, 6.07) is 1.67. The number of piperidine rings is 1. The maximum absolute atomic E-state index is 12.6. The average Bonchev–Trinajstić information content (AvgIpc) is 2.70. The molecule has 0 aromatic carbocycles. The Morgan fingerprint density at radius 2 is 2.26 bits per heavy atom. The van der Waals surface area contributed by atoms with Gasteiger partial charge in [-0.15, -0.1) is 11.3 Å². The highest BCUT2D eigenvalue weighted by atomic mass is 35.5. The Hall–Kier alpha value is -0.140. The molecule has 7 heteroatoms. The van der Waals surface area contributed by atoms with Crippen LogP contribution in [0.3, 0.4) is 0 Å². The number of nitrogens with zero attached hydrogens (tertiary/aromatic N) is 1. The molecule has 0 saturated carbocycles. The largest absolute Gasteiger partial charge is 0.328 e. The Morgan fingerprint density at radius 3 is 2.79 bits per heavy atom. The van der Waals surface area contributed by atoms with Crippen molar-refractivity contribution in [3.8, 4) is 0 Å². The number of rotatable bonds is 3. The molecule has 0 amide bonds. The van der Waals surface area contributed by atoms with Gasteiger partial charge in [-0.2, -0.15) is 4.31 Å². The number of nitrogens with two attached hydrogens (primary N) is 1. The van der Waals surface area contributed by atoms with Crippen LogP contribution in [0.5, 0.6) is 0 Å². The van der Waals surface area contributed by atoms with Crippen molar-refractivity contribution in [1.29, 1.82) is 0 Å². The van der Waals surface area contributed by atoms with Crippen LogP contribution < -0.4 is 5.73 Å². The first-order valence-electron chi connectivity index (χ1n) is 6.34. The maximum atomic E-state index is 12.6. The molecule has 19 heavy (non-hydrogen) atoms. The first-order chi connectivity index (χ1) is 8.82. The van der Waals surface area contributed by atoms with E-state index in [1.165, 1.54) is 0 Å². The number of hydrogen-bond donors (Lipinski definition) is 1. The topological polar surface area (TPSA) is 63.4 Å². The van der Waals surface area contributed by atoms with Gasteiger partial charge >= 0.3 is 0 Å². The molecule has 0 aliphatic carbocycles. The molecule has 2 rings (SSSR count). The van der Waals surface area contributed by atoms with Gasteiger partial charge in [-0.3, -0.25) is 0 Å². The van der Waals surface area contributed by atoms with Crippen LogP contribution in [-0.4, -0.2) is 31.9 Å². The van der Waals surface area contributed by atoms with Crippen molar-refractivity contribution in [3.63, 3.8) is 0 Å². The second-order valence-corrected chi connectivity index (χ2v) is 8.97. The minimum atomic E-state index is -3.42. The summed E-state index contributed by atoms with van der Waals surface area (Å²) >= 11 is 7.10. The van der Waals surface area contributed by atoms with Gasteiger partial charge in [0.1, 0.15) is 4.21 Å². The van der Waals surface area contributed by atoms with E-state index in [1.807, 2.05) is 13.8 Å². The molecule has 2 N–H and O–H groups in total. The predicted molar refractivity (Wildman–Crippen MR) is 79.2 cm³/mol. The van der Waals surface area contributed by atoms with E-state index in [-0.39, 0.29) is 12.0 Å². The summed E-state index contributed by atoms with van der Waals surface area (Å²) in [6.07, 6.45) is 1.86. The van der Waals surface area contributed by atoms with Crippen LogP contribution >= 0.6 is 22.9 Å². The normalized spacial score (nSPS) is 23.5. The molecule has 1 saturated heterocycles. The molecule has 1 fully saturated rings. The fourth-order valence-corrected chi connectivity index (χ4v) is 5.71. The molecule has 2 heterocycles. The third-order valence-corrected chi connectivity index (χ3v) is 7.46. The summed E-state index contributed by atoms with van der Waals surface area (Å²) < 4.78 is 27.5. The van der Waals surface area contributed by atoms with Crippen LogP contribution in [0.15, 0.2) is 10.3 Å². The minimum absolute atomic E-state index is 0.0201. The number of hydrogen-bond acceptors (Lipinski definition) is 4. The Morgan fingerprint density at radius 1 is 1.58 bits per heavy atom. The molecule has 0 bridgehead atoms. The minimum Gasteiger partial charge on any atom is -0.328 e. The third kappa shape index (κ3) is 3.13. The average molecular weight is 323 g/mol. The van der Waals surface area contributed by atoms with E-state index < -0.39 is 10.0 Å². The van der Waals surface area contributed by atoms with E-state index >= 15 is 0 Å².